The molecule has 1 aliphatic heterocycles. The van der Waals surface area contributed by atoms with E-state index in [4.69, 9.17) is 4.84 Å². The van der Waals surface area contributed by atoms with Crippen LogP contribution in [0.5, 0.6) is 0 Å². The molecule has 3 rings (SSSR count). The Labute approximate surface area is 260 Å². The van der Waals surface area contributed by atoms with Crippen LogP contribution in [0.3, 0.4) is 0 Å². The minimum atomic E-state index is -0.791. The number of benzene rings is 1. The quantitative estimate of drug-likeness (QED) is 0.0444. The van der Waals surface area contributed by atoms with E-state index in [-0.39, 0.29) is 25.5 Å². The highest BCUT2D eigenvalue weighted by molar-refractivity contribution is 7.80. The molecule has 1 aliphatic rings. The highest BCUT2D eigenvalue weighted by Crippen LogP contribution is 2.33. The van der Waals surface area contributed by atoms with Gasteiger partial charge in [0, 0.05) is 42.3 Å². The maximum absolute atomic E-state index is 13.6. The van der Waals surface area contributed by atoms with Gasteiger partial charge in [0.15, 0.2) is 0 Å². The van der Waals surface area contributed by atoms with Crippen molar-refractivity contribution >= 4 is 55.0 Å². The standard InChI is InChI=1S/C28H36N6O7S2/c1-19(18-42)30-15-24(35)31-16-25(36)32-17-26(37)34(40-13-10-29-11-14-41-43)28(39)21-9-12-33-22(21)7-8-23(33)27(38)20-5-3-2-4-6-20/h2-8,21,29-30,42-43H,1,9-18H2,(H,31,35)(H,32,36). The van der Waals surface area contributed by atoms with Gasteiger partial charge in [-0.05, 0) is 31.5 Å². The van der Waals surface area contributed by atoms with E-state index in [1.165, 1.54) is 0 Å². The van der Waals surface area contributed by atoms with E-state index >= 15 is 0 Å². The predicted octanol–water partition coefficient (Wildman–Crippen LogP) is 0.210. The number of hydrogen-bond donors (Lipinski definition) is 6. The van der Waals surface area contributed by atoms with E-state index in [9.17, 15) is 24.0 Å². The van der Waals surface area contributed by atoms with Gasteiger partial charge in [0.2, 0.25) is 17.6 Å². The molecule has 4 amide bonds. The van der Waals surface area contributed by atoms with Crippen molar-refractivity contribution in [1.82, 2.24) is 30.9 Å². The lowest BCUT2D eigenvalue weighted by Gasteiger charge is -2.23. The Morgan fingerprint density at radius 1 is 0.930 bits per heavy atom. The normalized spacial score (nSPS) is 13.6. The third kappa shape index (κ3) is 9.96. The van der Waals surface area contributed by atoms with Crippen molar-refractivity contribution in [3.05, 3.63) is 71.7 Å². The number of nitrogens with one attached hydrogen (secondary N) is 4. The molecule has 0 saturated heterocycles. The molecule has 1 aromatic carbocycles. The number of carbonyl (C=O) groups is 5. The number of thiol groups is 2. The fourth-order valence-electron chi connectivity index (χ4n) is 4.29. The van der Waals surface area contributed by atoms with Crippen LogP contribution in [0.1, 0.15) is 34.1 Å². The molecule has 232 valence electrons. The second kappa shape index (κ2) is 17.5. The molecule has 0 aliphatic carbocycles. The topological polar surface area (TPSA) is 160 Å². The van der Waals surface area contributed by atoms with Crippen molar-refractivity contribution in [3.8, 4) is 0 Å². The summed E-state index contributed by atoms with van der Waals surface area (Å²) < 4.78 is 6.46. The maximum atomic E-state index is 13.6. The molecule has 43 heavy (non-hydrogen) atoms. The van der Waals surface area contributed by atoms with Crippen molar-refractivity contribution in [2.45, 2.75) is 18.9 Å². The van der Waals surface area contributed by atoms with Crippen molar-refractivity contribution in [1.29, 1.82) is 0 Å². The summed E-state index contributed by atoms with van der Waals surface area (Å²) >= 11 is 7.70. The number of rotatable bonds is 18. The Bertz CT molecular complexity index is 1300. The van der Waals surface area contributed by atoms with Crippen molar-refractivity contribution in [3.63, 3.8) is 0 Å². The van der Waals surface area contributed by atoms with Crippen LogP contribution in [-0.2, 0) is 34.7 Å². The van der Waals surface area contributed by atoms with Crippen molar-refractivity contribution < 1.29 is 33.0 Å². The summed E-state index contributed by atoms with van der Waals surface area (Å²) in [6, 6.07) is 12.2. The highest BCUT2D eigenvalue weighted by Gasteiger charge is 2.37. The van der Waals surface area contributed by atoms with Gasteiger partial charge in [-0.3, -0.25) is 28.8 Å². The molecular formula is C28H36N6O7S2. The van der Waals surface area contributed by atoms with Gasteiger partial charge in [-0.2, -0.15) is 17.7 Å². The number of hydrogen-bond acceptors (Lipinski definition) is 11. The summed E-state index contributed by atoms with van der Waals surface area (Å²) in [4.78, 5) is 69.5. The van der Waals surface area contributed by atoms with Crippen molar-refractivity contribution in [2.75, 3.05) is 51.7 Å². The van der Waals surface area contributed by atoms with E-state index in [0.29, 0.717) is 66.1 Å². The first-order valence-corrected chi connectivity index (χ1v) is 14.6. The van der Waals surface area contributed by atoms with Crippen LogP contribution in [0.25, 0.3) is 0 Å². The SMILES string of the molecule is C=C(CS)NCC(=O)NCC(=O)NCC(=O)N(OCCNCCOS)C(=O)C1CCn2c(C(=O)c3ccccc3)ccc21. The van der Waals surface area contributed by atoms with Gasteiger partial charge in [-0.25, -0.2) is 0 Å². The number of hydroxylamine groups is 2. The van der Waals surface area contributed by atoms with Crippen LogP contribution in [-0.4, -0.2) is 90.7 Å². The van der Waals surface area contributed by atoms with E-state index in [0.717, 1.165) is 0 Å². The maximum Gasteiger partial charge on any atom is 0.272 e. The summed E-state index contributed by atoms with van der Waals surface area (Å²) in [6.45, 7) is 4.17. The molecule has 13 nitrogen and oxygen atoms in total. The summed E-state index contributed by atoms with van der Waals surface area (Å²) in [6.07, 6.45) is 0.362. The van der Waals surface area contributed by atoms with Gasteiger partial charge in [0.25, 0.3) is 11.8 Å². The first kappa shape index (κ1) is 33.9. The van der Waals surface area contributed by atoms with Crippen LogP contribution in [0.4, 0.5) is 0 Å². The third-order valence-corrected chi connectivity index (χ3v) is 7.01. The van der Waals surface area contributed by atoms with Crippen LogP contribution in [0.2, 0.25) is 0 Å². The summed E-state index contributed by atoms with van der Waals surface area (Å²) in [7, 11) is 0. The molecule has 1 atom stereocenters. The van der Waals surface area contributed by atoms with Gasteiger partial charge in [0.1, 0.15) is 0 Å². The molecule has 1 unspecified atom stereocenters. The number of fused-ring (bicyclic) bond motifs is 1. The smallest absolute Gasteiger partial charge is 0.272 e. The number of carbonyl (C=O) groups excluding carboxylic acids is 5. The second-order valence-corrected chi connectivity index (χ2v) is 10.0. The van der Waals surface area contributed by atoms with E-state index in [2.05, 4.69) is 57.6 Å². The minimum Gasteiger partial charge on any atom is -0.379 e. The summed E-state index contributed by atoms with van der Waals surface area (Å²) in [5.74, 6) is -3.03. The van der Waals surface area contributed by atoms with Crippen LogP contribution < -0.4 is 21.3 Å². The molecule has 15 heteroatoms. The Morgan fingerprint density at radius 3 is 2.30 bits per heavy atom. The zero-order valence-electron chi connectivity index (χ0n) is 23.5. The Kier molecular flexibility index (Phi) is 13.8. The Balaban J connectivity index is 1.63. The molecule has 2 heterocycles. The number of ketones is 1. The molecule has 0 spiro atoms. The molecule has 1 aromatic heterocycles. The van der Waals surface area contributed by atoms with Crippen LogP contribution >= 0.6 is 25.5 Å². The molecule has 0 fully saturated rings. The lowest BCUT2D eigenvalue weighted by molar-refractivity contribution is -0.195. The minimum absolute atomic E-state index is 0.0237. The predicted molar refractivity (Wildman–Crippen MR) is 164 cm³/mol. The van der Waals surface area contributed by atoms with Crippen molar-refractivity contribution in [2.24, 2.45) is 0 Å². The lowest BCUT2D eigenvalue weighted by atomic mass is 10.0. The molecule has 0 bridgehead atoms. The van der Waals surface area contributed by atoms with Gasteiger partial charge in [-0.1, -0.05) is 36.9 Å². The lowest BCUT2D eigenvalue weighted by Crippen LogP contribution is -2.47. The van der Waals surface area contributed by atoms with E-state index in [1.54, 1.807) is 41.0 Å². The average molecular weight is 633 g/mol. The van der Waals surface area contributed by atoms with E-state index < -0.39 is 36.1 Å². The first-order chi connectivity index (χ1) is 20.8. The molecule has 2 aromatic rings. The van der Waals surface area contributed by atoms with Gasteiger partial charge in [0.05, 0.1) is 44.5 Å². The fourth-order valence-corrected chi connectivity index (χ4v) is 4.50. The molecule has 4 N–H and O–H groups in total. The largest absolute Gasteiger partial charge is 0.379 e. The third-order valence-electron chi connectivity index (χ3n) is 6.45. The van der Waals surface area contributed by atoms with Gasteiger partial charge in [-0.15, -0.1) is 0 Å². The first-order valence-electron chi connectivity index (χ1n) is 13.6. The Morgan fingerprint density at radius 2 is 1.60 bits per heavy atom. The monoisotopic (exact) mass is 632 g/mol. The fraction of sp³-hybridized carbons (Fsp3) is 0.393. The Hall–Kier alpha value is -3.63. The van der Waals surface area contributed by atoms with Gasteiger partial charge < -0.3 is 30.0 Å². The summed E-state index contributed by atoms with van der Waals surface area (Å²) in [5, 5.41) is 11.2. The zero-order chi connectivity index (χ0) is 31.2. The average Bonchev–Trinajstić information content (AvgIpc) is 3.63. The number of amides is 4. The number of nitrogens with zero attached hydrogens (tertiary/aromatic N) is 2. The molecule has 0 saturated carbocycles. The number of imide groups is 1. The summed E-state index contributed by atoms with van der Waals surface area (Å²) in [5.41, 5.74) is 2.12. The zero-order valence-corrected chi connectivity index (χ0v) is 25.3. The van der Waals surface area contributed by atoms with Crippen LogP contribution in [0, 0.1) is 0 Å². The highest BCUT2D eigenvalue weighted by atomic mass is 32.1. The molecular weight excluding hydrogens is 596 g/mol. The number of aromatic nitrogens is 1. The van der Waals surface area contributed by atoms with Crippen LogP contribution in [0.15, 0.2) is 54.7 Å². The van der Waals surface area contributed by atoms with Gasteiger partial charge >= 0.3 is 0 Å². The molecule has 0 radical (unpaired) electrons. The second-order valence-electron chi connectivity index (χ2n) is 9.44. The van der Waals surface area contributed by atoms with E-state index in [1.807, 2.05) is 6.07 Å².